The van der Waals surface area contributed by atoms with Crippen molar-refractivity contribution in [3.63, 3.8) is 0 Å². The van der Waals surface area contributed by atoms with Crippen molar-refractivity contribution in [1.82, 2.24) is 0 Å². The molecule has 0 saturated carbocycles. The van der Waals surface area contributed by atoms with Crippen LogP contribution in [0.1, 0.15) is 5.56 Å². The summed E-state index contributed by atoms with van der Waals surface area (Å²) in [6, 6.07) is 5.08. The second-order valence-electron chi connectivity index (χ2n) is 3.07. The quantitative estimate of drug-likeness (QED) is 0.451. The Bertz CT molecular complexity index is 424. The number of benzene rings is 1. The molecule has 16 heavy (non-hydrogen) atoms. The minimum atomic E-state index is -0.995. The van der Waals surface area contributed by atoms with E-state index >= 15 is 0 Å². The van der Waals surface area contributed by atoms with Gasteiger partial charge < -0.3 is 15.6 Å². The molecular formula is C12H13NO3. The molecule has 1 rings (SSSR count). The molecule has 4 heteroatoms. The standard InChI is InChI=1S/C12H13NO3/c1-2-7-16-11-5-3-9(8-10(11)13)4-6-12(14)15/h2-6,8H,1,7,13H2,(H,14,15)/b6-4-. The monoisotopic (exact) mass is 219 g/mol. The Morgan fingerprint density at radius 3 is 2.88 bits per heavy atom. The van der Waals surface area contributed by atoms with E-state index in [1.54, 1.807) is 24.3 Å². The number of carboxylic acids is 1. The molecule has 3 N–H and O–H groups in total. The normalized spacial score (nSPS) is 10.2. The van der Waals surface area contributed by atoms with E-state index in [4.69, 9.17) is 15.6 Å². The zero-order valence-corrected chi connectivity index (χ0v) is 8.72. The van der Waals surface area contributed by atoms with Crippen LogP contribution in [0.25, 0.3) is 6.08 Å². The van der Waals surface area contributed by atoms with Gasteiger partial charge in [0.05, 0.1) is 5.69 Å². The Balaban J connectivity index is 2.82. The molecule has 0 spiro atoms. The molecule has 0 aliphatic carbocycles. The first-order chi connectivity index (χ1) is 7.63. The highest BCUT2D eigenvalue weighted by atomic mass is 16.5. The van der Waals surface area contributed by atoms with Gasteiger partial charge in [-0.15, -0.1) is 0 Å². The molecule has 4 nitrogen and oxygen atoms in total. The predicted molar refractivity (Wildman–Crippen MR) is 63.2 cm³/mol. The zero-order valence-electron chi connectivity index (χ0n) is 8.72. The minimum Gasteiger partial charge on any atom is -0.487 e. The van der Waals surface area contributed by atoms with Crippen LogP contribution >= 0.6 is 0 Å². The Kier molecular flexibility index (Phi) is 4.15. The number of carbonyl (C=O) groups is 1. The number of aliphatic carboxylic acids is 1. The summed E-state index contributed by atoms with van der Waals surface area (Å²) in [6.45, 7) is 3.91. The number of anilines is 1. The van der Waals surface area contributed by atoms with Crippen LogP contribution < -0.4 is 10.5 Å². The van der Waals surface area contributed by atoms with Crippen molar-refractivity contribution in [3.8, 4) is 5.75 Å². The van der Waals surface area contributed by atoms with Crippen LogP contribution in [-0.4, -0.2) is 17.7 Å². The van der Waals surface area contributed by atoms with Gasteiger partial charge in [0.25, 0.3) is 0 Å². The number of hydrogen-bond acceptors (Lipinski definition) is 3. The summed E-state index contributed by atoms with van der Waals surface area (Å²) in [7, 11) is 0. The number of nitrogens with two attached hydrogens (primary N) is 1. The smallest absolute Gasteiger partial charge is 0.328 e. The summed E-state index contributed by atoms with van der Waals surface area (Å²) < 4.78 is 5.28. The van der Waals surface area contributed by atoms with E-state index in [-0.39, 0.29) is 0 Å². The first-order valence-electron chi connectivity index (χ1n) is 4.67. The molecule has 0 bridgehead atoms. The van der Waals surface area contributed by atoms with E-state index in [1.807, 2.05) is 0 Å². The van der Waals surface area contributed by atoms with Crippen LogP contribution in [0.4, 0.5) is 5.69 Å². The number of nitrogen functional groups attached to an aromatic ring is 1. The fourth-order valence-corrected chi connectivity index (χ4v) is 1.12. The summed E-state index contributed by atoms with van der Waals surface area (Å²) in [5.41, 5.74) is 6.91. The van der Waals surface area contributed by atoms with Gasteiger partial charge in [-0.3, -0.25) is 0 Å². The second kappa shape index (κ2) is 5.60. The van der Waals surface area contributed by atoms with Crippen molar-refractivity contribution in [2.24, 2.45) is 0 Å². The molecule has 0 atom stereocenters. The SMILES string of the molecule is C=CCOc1ccc(/C=C\C(=O)O)cc1N. The molecule has 84 valence electrons. The fourth-order valence-electron chi connectivity index (χ4n) is 1.12. The van der Waals surface area contributed by atoms with E-state index in [0.29, 0.717) is 23.6 Å². The molecule has 0 aromatic heterocycles. The molecule has 1 aromatic carbocycles. The van der Waals surface area contributed by atoms with Gasteiger partial charge in [-0.1, -0.05) is 18.7 Å². The van der Waals surface area contributed by atoms with Crippen molar-refractivity contribution < 1.29 is 14.6 Å². The Hall–Kier alpha value is -2.23. The maximum atomic E-state index is 10.3. The summed E-state index contributed by atoms with van der Waals surface area (Å²) in [4.78, 5) is 10.3. The van der Waals surface area contributed by atoms with Gasteiger partial charge in [0.15, 0.2) is 0 Å². The van der Waals surface area contributed by atoms with Crippen LogP contribution in [0.15, 0.2) is 36.9 Å². The lowest BCUT2D eigenvalue weighted by molar-refractivity contribution is -0.131. The van der Waals surface area contributed by atoms with Crippen LogP contribution in [0, 0.1) is 0 Å². The van der Waals surface area contributed by atoms with E-state index in [1.165, 1.54) is 6.08 Å². The number of hydrogen-bond donors (Lipinski definition) is 2. The third-order valence-corrected chi connectivity index (χ3v) is 1.81. The minimum absolute atomic E-state index is 0.383. The molecule has 0 aliphatic rings. The van der Waals surface area contributed by atoms with Gasteiger partial charge >= 0.3 is 5.97 Å². The summed E-state index contributed by atoms with van der Waals surface area (Å²) in [5.74, 6) is -0.432. The largest absolute Gasteiger partial charge is 0.487 e. The average molecular weight is 219 g/mol. The fraction of sp³-hybridized carbons (Fsp3) is 0.0833. The Morgan fingerprint density at radius 1 is 1.56 bits per heavy atom. The average Bonchev–Trinajstić information content (AvgIpc) is 2.25. The summed E-state index contributed by atoms with van der Waals surface area (Å²) >= 11 is 0. The third kappa shape index (κ3) is 3.49. The lowest BCUT2D eigenvalue weighted by atomic mass is 10.2. The van der Waals surface area contributed by atoms with Gasteiger partial charge in [-0.2, -0.15) is 0 Å². The summed E-state index contributed by atoms with van der Waals surface area (Å²) in [6.07, 6.45) is 4.15. The molecule has 0 saturated heterocycles. The topological polar surface area (TPSA) is 72.5 Å². The summed E-state index contributed by atoms with van der Waals surface area (Å²) in [5, 5.41) is 8.46. The van der Waals surface area contributed by atoms with Crippen LogP contribution in [0.2, 0.25) is 0 Å². The van der Waals surface area contributed by atoms with E-state index < -0.39 is 5.97 Å². The van der Waals surface area contributed by atoms with Crippen molar-refractivity contribution in [1.29, 1.82) is 0 Å². The number of carboxylic acid groups (broad SMARTS) is 1. The molecule has 0 radical (unpaired) electrons. The maximum Gasteiger partial charge on any atom is 0.328 e. The highest BCUT2D eigenvalue weighted by Crippen LogP contribution is 2.23. The Morgan fingerprint density at radius 2 is 2.31 bits per heavy atom. The molecule has 0 fully saturated rings. The lowest BCUT2D eigenvalue weighted by Crippen LogP contribution is -1.97. The number of rotatable bonds is 5. The van der Waals surface area contributed by atoms with Crippen LogP contribution in [-0.2, 0) is 4.79 Å². The van der Waals surface area contributed by atoms with Crippen molar-refractivity contribution in [2.45, 2.75) is 0 Å². The first-order valence-corrected chi connectivity index (χ1v) is 4.67. The number of ether oxygens (including phenoxy) is 1. The predicted octanol–water partition coefficient (Wildman–Crippen LogP) is 1.93. The second-order valence-corrected chi connectivity index (χ2v) is 3.07. The van der Waals surface area contributed by atoms with Crippen molar-refractivity contribution in [3.05, 3.63) is 42.5 Å². The molecule has 0 unspecified atom stereocenters. The van der Waals surface area contributed by atoms with Gasteiger partial charge in [-0.05, 0) is 23.8 Å². The highest BCUT2D eigenvalue weighted by molar-refractivity contribution is 5.85. The van der Waals surface area contributed by atoms with Crippen LogP contribution in [0.3, 0.4) is 0 Å². The van der Waals surface area contributed by atoms with Gasteiger partial charge in [-0.25, -0.2) is 4.79 Å². The Labute approximate surface area is 93.7 Å². The maximum absolute atomic E-state index is 10.3. The highest BCUT2D eigenvalue weighted by Gasteiger charge is 1.99. The van der Waals surface area contributed by atoms with E-state index in [2.05, 4.69) is 6.58 Å². The zero-order chi connectivity index (χ0) is 12.0. The van der Waals surface area contributed by atoms with Gasteiger partial charge in [0.1, 0.15) is 12.4 Å². The third-order valence-electron chi connectivity index (χ3n) is 1.81. The van der Waals surface area contributed by atoms with Crippen LogP contribution in [0.5, 0.6) is 5.75 Å². The van der Waals surface area contributed by atoms with E-state index in [0.717, 1.165) is 6.08 Å². The van der Waals surface area contributed by atoms with Crippen molar-refractivity contribution in [2.75, 3.05) is 12.3 Å². The molecule has 0 heterocycles. The molecule has 1 aromatic rings. The molecule has 0 amide bonds. The molecule has 0 aliphatic heterocycles. The van der Waals surface area contributed by atoms with Crippen molar-refractivity contribution >= 4 is 17.7 Å². The van der Waals surface area contributed by atoms with Gasteiger partial charge in [0.2, 0.25) is 0 Å². The lowest BCUT2D eigenvalue weighted by Gasteiger charge is -2.06. The molecular weight excluding hydrogens is 206 g/mol. The first kappa shape index (κ1) is 11.8. The van der Waals surface area contributed by atoms with Gasteiger partial charge in [0, 0.05) is 6.08 Å². The van der Waals surface area contributed by atoms with E-state index in [9.17, 15) is 4.79 Å².